The van der Waals surface area contributed by atoms with Gasteiger partial charge in [-0.1, -0.05) is 62.4 Å². The quantitative estimate of drug-likeness (QED) is 0.274. The van der Waals surface area contributed by atoms with Crippen LogP contribution in [-0.2, 0) is 16.1 Å². The molecule has 2 atom stereocenters. The molecule has 4 N–H and O–H groups in total. The van der Waals surface area contributed by atoms with Gasteiger partial charge in [-0.3, -0.25) is 9.59 Å². The van der Waals surface area contributed by atoms with Crippen molar-refractivity contribution < 1.29 is 9.59 Å². The highest BCUT2D eigenvalue weighted by atomic mass is 16.2. The van der Waals surface area contributed by atoms with Gasteiger partial charge >= 0.3 is 0 Å². The Morgan fingerprint density at radius 2 is 1.50 bits per heavy atom. The molecule has 2 aliphatic heterocycles. The summed E-state index contributed by atoms with van der Waals surface area (Å²) in [5.41, 5.74) is 12.1. The van der Waals surface area contributed by atoms with E-state index < -0.39 is 6.04 Å². The van der Waals surface area contributed by atoms with Gasteiger partial charge in [0.2, 0.25) is 11.8 Å². The number of carbonyl (C=O) groups is 2. The van der Waals surface area contributed by atoms with Crippen LogP contribution in [-0.4, -0.2) is 60.7 Å². The number of benzene rings is 2. The van der Waals surface area contributed by atoms with Gasteiger partial charge < -0.3 is 25.5 Å². The van der Waals surface area contributed by atoms with Gasteiger partial charge in [0.15, 0.2) is 0 Å². The number of nitrogens with zero attached hydrogens (tertiary/aromatic N) is 4. The maximum Gasteiger partial charge on any atom is 0.239 e. The third-order valence-electron chi connectivity index (χ3n) is 8.19. The molecule has 9 nitrogen and oxygen atoms in total. The fourth-order valence-electron chi connectivity index (χ4n) is 5.93. The van der Waals surface area contributed by atoms with Crippen molar-refractivity contribution in [1.82, 2.24) is 29.7 Å². The van der Waals surface area contributed by atoms with Crippen molar-refractivity contribution in [2.75, 3.05) is 13.1 Å². The molecule has 9 heteroatoms. The zero-order chi connectivity index (χ0) is 29.2. The first-order chi connectivity index (χ1) is 20.4. The van der Waals surface area contributed by atoms with Crippen LogP contribution in [0.3, 0.4) is 0 Å². The SMILES string of the molecule is CC(C)[CH]C(=O)N1CCC[C@@H]1c1ncc(-c2ccc(-c3ccc(-c4cnc(CN5CCC[C@@H](N)C5=O)[nH]4)cc3)cc2)[nH]1. The van der Waals surface area contributed by atoms with E-state index in [2.05, 4.69) is 68.5 Å². The van der Waals surface area contributed by atoms with Gasteiger partial charge in [-0.25, -0.2) is 9.97 Å². The Balaban J connectivity index is 1.10. The van der Waals surface area contributed by atoms with Crippen LogP contribution < -0.4 is 5.73 Å². The van der Waals surface area contributed by atoms with Crippen molar-refractivity contribution in [3.8, 4) is 33.6 Å². The molecule has 2 aliphatic rings. The Bertz CT molecular complexity index is 1540. The number of rotatable bonds is 8. The van der Waals surface area contributed by atoms with Crippen LogP contribution in [0.4, 0.5) is 0 Å². The predicted octanol–water partition coefficient (Wildman–Crippen LogP) is 5.11. The normalized spacial score (nSPS) is 19.2. The molecule has 4 heterocycles. The van der Waals surface area contributed by atoms with Gasteiger partial charge in [-0.05, 0) is 53.9 Å². The number of hydrogen-bond donors (Lipinski definition) is 3. The van der Waals surface area contributed by atoms with Gasteiger partial charge in [0.25, 0.3) is 0 Å². The molecule has 0 bridgehead atoms. The molecule has 2 amide bonds. The summed E-state index contributed by atoms with van der Waals surface area (Å²) in [4.78, 5) is 44.7. The van der Waals surface area contributed by atoms with Gasteiger partial charge in [0.1, 0.15) is 11.6 Å². The van der Waals surface area contributed by atoms with Crippen molar-refractivity contribution in [3.05, 3.63) is 79.0 Å². The monoisotopic (exact) mass is 564 g/mol. The molecule has 2 saturated heterocycles. The number of amides is 2. The lowest BCUT2D eigenvalue weighted by molar-refractivity contribution is -0.135. The molecule has 4 aromatic rings. The number of aromatic nitrogens is 4. The van der Waals surface area contributed by atoms with Crippen LogP contribution in [0.5, 0.6) is 0 Å². The number of likely N-dealkylation sites (tertiary alicyclic amines) is 2. The number of aromatic amines is 2. The van der Waals surface area contributed by atoms with E-state index in [0.717, 1.165) is 84.1 Å². The van der Waals surface area contributed by atoms with E-state index >= 15 is 0 Å². The molecule has 0 spiro atoms. The molecular weight excluding hydrogens is 526 g/mol. The molecule has 2 fully saturated rings. The third-order valence-corrected chi connectivity index (χ3v) is 8.19. The number of nitrogens with one attached hydrogen (secondary N) is 2. The molecular formula is C33H38N7O2. The van der Waals surface area contributed by atoms with Crippen molar-refractivity contribution in [3.63, 3.8) is 0 Å². The zero-order valence-electron chi connectivity index (χ0n) is 24.2. The molecule has 0 unspecified atom stereocenters. The van der Waals surface area contributed by atoms with Crippen LogP contribution in [0.1, 0.15) is 57.2 Å². The predicted molar refractivity (Wildman–Crippen MR) is 162 cm³/mol. The summed E-state index contributed by atoms with van der Waals surface area (Å²) in [6, 6.07) is 16.4. The lowest BCUT2D eigenvalue weighted by Crippen LogP contribution is -2.47. The second-order valence-corrected chi connectivity index (χ2v) is 11.7. The van der Waals surface area contributed by atoms with E-state index in [0.29, 0.717) is 6.54 Å². The average molecular weight is 565 g/mol. The number of nitrogens with two attached hydrogens (primary N) is 1. The average Bonchev–Trinajstić information content (AvgIpc) is 3.76. The molecule has 2 aromatic heterocycles. The Morgan fingerprint density at radius 1 is 0.905 bits per heavy atom. The Morgan fingerprint density at radius 3 is 2.17 bits per heavy atom. The Hall–Kier alpha value is -4.24. The third kappa shape index (κ3) is 5.87. The van der Waals surface area contributed by atoms with Crippen LogP contribution in [0.2, 0.25) is 0 Å². The lowest BCUT2D eigenvalue weighted by atomic mass is 10.0. The first-order valence-electron chi connectivity index (χ1n) is 14.9. The summed E-state index contributed by atoms with van der Waals surface area (Å²) < 4.78 is 0. The summed E-state index contributed by atoms with van der Waals surface area (Å²) >= 11 is 0. The second-order valence-electron chi connectivity index (χ2n) is 11.7. The molecule has 1 radical (unpaired) electrons. The van der Waals surface area contributed by atoms with Crippen LogP contribution in [0, 0.1) is 12.3 Å². The molecule has 217 valence electrons. The minimum Gasteiger partial charge on any atom is -0.341 e. The highest BCUT2D eigenvalue weighted by Gasteiger charge is 2.32. The van der Waals surface area contributed by atoms with Crippen LogP contribution in [0.25, 0.3) is 33.6 Å². The molecule has 0 aliphatic carbocycles. The summed E-state index contributed by atoms with van der Waals surface area (Å²) in [6.45, 7) is 5.99. The van der Waals surface area contributed by atoms with Gasteiger partial charge in [0.05, 0.1) is 48.8 Å². The minimum atomic E-state index is -0.403. The van der Waals surface area contributed by atoms with Gasteiger partial charge in [0, 0.05) is 13.1 Å². The van der Waals surface area contributed by atoms with E-state index in [1.54, 1.807) is 11.3 Å². The van der Waals surface area contributed by atoms with Gasteiger partial charge in [-0.15, -0.1) is 0 Å². The maximum atomic E-state index is 12.7. The highest BCUT2D eigenvalue weighted by Crippen LogP contribution is 2.33. The summed E-state index contributed by atoms with van der Waals surface area (Å²) in [7, 11) is 0. The van der Waals surface area contributed by atoms with E-state index in [4.69, 9.17) is 5.73 Å². The first-order valence-corrected chi connectivity index (χ1v) is 14.9. The Labute approximate surface area is 246 Å². The zero-order valence-corrected chi connectivity index (χ0v) is 24.2. The number of H-pyrrole nitrogens is 2. The van der Waals surface area contributed by atoms with E-state index in [1.165, 1.54) is 0 Å². The Kier molecular flexibility index (Phi) is 7.93. The topological polar surface area (TPSA) is 124 Å². The van der Waals surface area contributed by atoms with E-state index in [9.17, 15) is 9.59 Å². The largest absolute Gasteiger partial charge is 0.341 e. The fourth-order valence-corrected chi connectivity index (χ4v) is 5.93. The van der Waals surface area contributed by atoms with Crippen LogP contribution >= 0.6 is 0 Å². The first kappa shape index (κ1) is 27.9. The van der Waals surface area contributed by atoms with E-state index in [1.807, 2.05) is 31.1 Å². The standard InChI is InChI=1S/C33H38N7O2/c1-21(2)17-31(41)40-16-4-6-29(40)32-36-19-28(38-32)25-13-9-23(10-14-25)22-7-11-24(12-8-22)27-18-35-30(37-27)20-39-15-3-5-26(34)33(39)42/h7-14,17-19,21,26,29H,3-6,15-16,20,34H2,1-2H3,(H,35,37)(H,36,38)/t26-,29-/m1/s1. The molecule has 6 rings (SSSR count). The molecule has 42 heavy (non-hydrogen) atoms. The van der Waals surface area contributed by atoms with Crippen LogP contribution in [0.15, 0.2) is 60.9 Å². The minimum absolute atomic E-state index is 0.00412. The van der Waals surface area contributed by atoms with Crippen molar-refractivity contribution in [2.45, 2.75) is 58.2 Å². The van der Waals surface area contributed by atoms with Crippen molar-refractivity contribution in [1.29, 1.82) is 0 Å². The van der Waals surface area contributed by atoms with Crippen molar-refractivity contribution >= 4 is 11.8 Å². The molecule has 2 aromatic carbocycles. The van der Waals surface area contributed by atoms with E-state index in [-0.39, 0.29) is 23.8 Å². The number of carbonyl (C=O) groups excluding carboxylic acids is 2. The number of hydrogen-bond acceptors (Lipinski definition) is 5. The fraction of sp³-hybridized carbons (Fsp3) is 0.364. The summed E-state index contributed by atoms with van der Waals surface area (Å²) in [6.07, 6.45) is 9.04. The maximum absolute atomic E-state index is 12.7. The van der Waals surface area contributed by atoms with Gasteiger partial charge in [-0.2, -0.15) is 0 Å². The summed E-state index contributed by atoms with van der Waals surface area (Å²) in [5, 5.41) is 0. The summed E-state index contributed by atoms with van der Waals surface area (Å²) in [5.74, 6) is 1.92. The molecule has 0 saturated carbocycles. The van der Waals surface area contributed by atoms with Crippen molar-refractivity contribution in [2.24, 2.45) is 11.7 Å². The number of piperidine rings is 1. The smallest absolute Gasteiger partial charge is 0.239 e. The highest BCUT2D eigenvalue weighted by molar-refractivity contribution is 5.85. The number of imidazole rings is 2. The lowest BCUT2D eigenvalue weighted by Gasteiger charge is -2.29. The second kappa shape index (κ2) is 11.9.